The Bertz CT molecular complexity index is 597. The Kier molecular flexibility index (Phi) is 3.45. The van der Waals surface area contributed by atoms with Crippen LogP contribution in [0.1, 0.15) is 36.5 Å². The second-order valence-corrected chi connectivity index (χ2v) is 5.29. The number of benzene rings is 2. The van der Waals surface area contributed by atoms with Crippen molar-refractivity contribution in [2.45, 2.75) is 31.5 Å². The summed E-state index contributed by atoms with van der Waals surface area (Å²) in [4.78, 5) is 0. The lowest BCUT2D eigenvalue weighted by molar-refractivity contribution is 0.0543. The molecule has 3 rings (SSSR count). The minimum atomic E-state index is -0.601. The summed E-state index contributed by atoms with van der Waals surface area (Å²) >= 11 is 0. The van der Waals surface area contributed by atoms with E-state index in [4.69, 9.17) is 4.74 Å². The molecule has 20 heavy (non-hydrogen) atoms. The first-order valence-corrected chi connectivity index (χ1v) is 6.84. The fourth-order valence-corrected chi connectivity index (χ4v) is 2.72. The number of halogens is 1. The average molecular weight is 272 g/mol. The zero-order chi connectivity index (χ0) is 14.1. The van der Waals surface area contributed by atoms with Crippen molar-refractivity contribution in [3.63, 3.8) is 0 Å². The smallest absolute Gasteiger partial charge is 0.128 e. The molecule has 1 aliphatic heterocycles. The number of aliphatic hydroxyl groups is 1. The number of aliphatic hydroxyl groups excluding tert-OH is 1. The van der Waals surface area contributed by atoms with E-state index < -0.39 is 6.10 Å². The van der Waals surface area contributed by atoms with Crippen LogP contribution in [0.3, 0.4) is 0 Å². The van der Waals surface area contributed by atoms with Gasteiger partial charge in [-0.15, -0.1) is 0 Å². The Balaban J connectivity index is 1.87. The summed E-state index contributed by atoms with van der Waals surface area (Å²) in [6.07, 6.45) is -0.230. The minimum Gasteiger partial charge on any atom is -0.489 e. The maximum atomic E-state index is 13.3. The molecule has 0 bridgehead atoms. The molecule has 2 nitrogen and oxygen atoms in total. The summed E-state index contributed by atoms with van der Waals surface area (Å²) in [6, 6.07) is 14.3. The summed E-state index contributed by atoms with van der Waals surface area (Å²) < 4.78 is 19.2. The van der Waals surface area contributed by atoms with Gasteiger partial charge in [0.25, 0.3) is 0 Å². The summed E-state index contributed by atoms with van der Waals surface area (Å²) in [6.45, 7) is 2.07. The second-order valence-electron chi connectivity index (χ2n) is 5.29. The molecule has 0 fully saturated rings. The third-order valence-electron chi connectivity index (χ3n) is 3.95. The molecule has 0 amide bonds. The molecule has 0 saturated carbocycles. The Labute approximate surface area is 117 Å². The largest absolute Gasteiger partial charge is 0.489 e. The lowest BCUT2D eigenvalue weighted by atomic mass is 9.88. The monoisotopic (exact) mass is 272 g/mol. The zero-order valence-corrected chi connectivity index (χ0v) is 11.3. The molecule has 1 heterocycles. The van der Waals surface area contributed by atoms with Crippen molar-refractivity contribution in [3.8, 4) is 5.75 Å². The van der Waals surface area contributed by atoms with Gasteiger partial charge < -0.3 is 9.84 Å². The van der Waals surface area contributed by atoms with Crippen molar-refractivity contribution in [1.82, 2.24) is 0 Å². The molecule has 0 aliphatic carbocycles. The predicted molar refractivity (Wildman–Crippen MR) is 75.2 cm³/mol. The van der Waals surface area contributed by atoms with Gasteiger partial charge in [-0.25, -0.2) is 4.39 Å². The summed E-state index contributed by atoms with van der Waals surface area (Å²) in [7, 11) is 0. The molecular weight excluding hydrogens is 255 g/mol. The number of hydrogen-bond acceptors (Lipinski definition) is 2. The lowest BCUT2D eigenvalue weighted by Gasteiger charge is -2.33. The molecule has 3 heteroatoms. The summed E-state index contributed by atoms with van der Waals surface area (Å²) in [5.74, 6) is 0.253. The van der Waals surface area contributed by atoms with Crippen LogP contribution >= 0.6 is 0 Å². The van der Waals surface area contributed by atoms with Crippen LogP contribution in [0.2, 0.25) is 0 Å². The predicted octanol–water partition coefficient (Wildman–Crippen LogP) is 3.81. The molecule has 2 unspecified atom stereocenters. The molecule has 104 valence electrons. The number of ether oxygens (including phenoxy) is 1. The van der Waals surface area contributed by atoms with Crippen LogP contribution in [0, 0.1) is 5.82 Å². The van der Waals surface area contributed by atoms with E-state index in [1.807, 2.05) is 30.3 Å². The van der Waals surface area contributed by atoms with Crippen LogP contribution in [0.25, 0.3) is 0 Å². The van der Waals surface area contributed by atoms with Gasteiger partial charge in [0, 0.05) is 24.0 Å². The van der Waals surface area contributed by atoms with Gasteiger partial charge in [-0.1, -0.05) is 37.3 Å². The van der Waals surface area contributed by atoms with Crippen molar-refractivity contribution in [1.29, 1.82) is 0 Å². The lowest BCUT2D eigenvalue weighted by Crippen LogP contribution is -2.30. The zero-order valence-electron chi connectivity index (χ0n) is 11.3. The van der Waals surface area contributed by atoms with Crippen LogP contribution in [-0.2, 0) is 0 Å². The number of rotatable bonds is 2. The van der Waals surface area contributed by atoms with Gasteiger partial charge in [0.05, 0.1) is 6.10 Å². The quantitative estimate of drug-likeness (QED) is 0.900. The standard InChI is InChI=1S/C17H17FO2/c1-11(12-5-3-2-4-6-12)16-10-15(19)14-8-7-13(18)9-17(14)20-16/h2-9,11,15-16,19H,10H2,1H3/t11?,15-,16?/m0/s1. The fraction of sp³-hybridized carbons (Fsp3) is 0.294. The van der Waals surface area contributed by atoms with Gasteiger partial charge >= 0.3 is 0 Å². The van der Waals surface area contributed by atoms with Crippen molar-refractivity contribution in [3.05, 3.63) is 65.5 Å². The van der Waals surface area contributed by atoms with E-state index in [-0.39, 0.29) is 17.8 Å². The van der Waals surface area contributed by atoms with Crippen molar-refractivity contribution in [2.24, 2.45) is 0 Å². The molecule has 3 atom stereocenters. The van der Waals surface area contributed by atoms with Crippen molar-refractivity contribution < 1.29 is 14.2 Å². The van der Waals surface area contributed by atoms with Gasteiger partial charge in [-0.3, -0.25) is 0 Å². The van der Waals surface area contributed by atoms with Gasteiger partial charge in [0.2, 0.25) is 0 Å². The maximum Gasteiger partial charge on any atom is 0.128 e. The van der Waals surface area contributed by atoms with Crippen LogP contribution in [0.5, 0.6) is 5.75 Å². The van der Waals surface area contributed by atoms with E-state index in [1.165, 1.54) is 12.1 Å². The molecular formula is C17H17FO2. The molecule has 0 aromatic heterocycles. The SMILES string of the molecule is CC(c1ccccc1)C1C[C@H](O)c2ccc(F)cc2O1. The Morgan fingerprint density at radius 3 is 2.70 bits per heavy atom. The molecule has 0 radical (unpaired) electrons. The van der Waals surface area contributed by atoms with Gasteiger partial charge in [0.15, 0.2) is 0 Å². The van der Waals surface area contributed by atoms with Crippen LogP contribution in [-0.4, -0.2) is 11.2 Å². The van der Waals surface area contributed by atoms with E-state index in [0.29, 0.717) is 17.7 Å². The Morgan fingerprint density at radius 1 is 1.20 bits per heavy atom. The van der Waals surface area contributed by atoms with Gasteiger partial charge in [-0.05, 0) is 17.7 Å². The highest BCUT2D eigenvalue weighted by molar-refractivity contribution is 5.38. The van der Waals surface area contributed by atoms with E-state index in [1.54, 1.807) is 6.07 Å². The number of fused-ring (bicyclic) bond motifs is 1. The highest BCUT2D eigenvalue weighted by Gasteiger charge is 2.31. The van der Waals surface area contributed by atoms with Crippen LogP contribution in [0.15, 0.2) is 48.5 Å². The summed E-state index contributed by atoms with van der Waals surface area (Å²) in [5.41, 5.74) is 1.83. The number of hydrogen-bond donors (Lipinski definition) is 1. The van der Waals surface area contributed by atoms with E-state index in [9.17, 15) is 9.50 Å². The molecule has 2 aromatic carbocycles. The maximum absolute atomic E-state index is 13.3. The third-order valence-corrected chi connectivity index (χ3v) is 3.95. The Morgan fingerprint density at radius 2 is 1.95 bits per heavy atom. The molecule has 1 aliphatic rings. The van der Waals surface area contributed by atoms with Crippen LogP contribution in [0.4, 0.5) is 4.39 Å². The van der Waals surface area contributed by atoms with Gasteiger partial charge in [-0.2, -0.15) is 0 Å². The highest BCUT2D eigenvalue weighted by atomic mass is 19.1. The first kappa shape index (κ1) is 13.1. The van der Waals surface area contributed by atoms with E-state index in [0.717, 1.165) is 5.56 Å². The molecule has 0 spiro atoms. The van der Waals surface area contributed by atoms with Crippen molar-refractivity contribution >= 4 is 0 Å². The first-order chi connectivity index (χ1) is 9.65. The average Bonchev–Trinajstić information content (AvgIpc) is 2.46. The van der Waals surface area contributed by atoms with Crippen LogP contribution < -0.4 is 4.74 Å². The Hall–Kier alpha value is -1.87. The normalized spacial score (nSPS) is 22.8. The van der Waals surface area contributed by atoms with E-state index >= 15 is 0 Å². The van der Waals surface area contributed by atoms with E-state index in [2.05, 4.69) is 6.92 Å². The second kappa shape index (κ2) is 5.25. The van der Waals surface area contributed by atoms with Gasteiger partial charge in [0.1, 0.15) is 17.7 Å². The topological polar surface area (TPSA) is 29.5 Å². The first-order valence-electron chi connectivity index (χ1n) is 6.84. The third kappa shape index (κ3) is 2.41. The minimum absolute atomic E-state index is 0.141. The molecule has 0 saturated heterocycles. The highest BCUT2D eigenvalue weighted by Crippen LogP contribution is 2.39. The molecule has 1 N–H and O–H groups in total. The fourth-order valence-electron chi connectivity index (χ4n) is 2.72. The molecule has 2 aromatic rings. The summed E-state index contributed by atoms with van der Waals surface area (Å²) in [5, 5.41) is 10.2. The van der Waals surface area contributed by atoms with Crippen molar-refractivity contribution in [2.75, 3.05) is 0 Å².